The fourth-order valence-electron chi connectivity index (χ4n) is 8.99. The van der Waals surface area contributed by atoms with E-state index in [0.717, 1.165) is 56.1 Å². The summed E-state index contributed by atoms with van der Waals surface area (Å²) in [5.74, 6) is 1.81. The fourth-order valence-corrected chi connectivity index (χ4v) is 8.99. The van der Waals surface area contributed by atoms with E-state index in [0.29, 0.717) is 0 Å². The molecule has 58 heavy (non-hydrogen) atoms. The molecule has 1 aliphatic heterocycles. The first-order valence-corrected chi connectivity index (χ1v) is 19.1. The number of benzene rings is 5. The maximum Gasteiger partial charge on any atom is 0.128 e. The molecule has 0 fully saturated rings. The van der Waals surface area contributed by atoms with E-state index in [1.54, 1.807) is 0 Å². The molecule has 9 aromatic rings. The monoisotopic (exact) mass is 925 g/mol. The van der Waals surface area contributed by atoms with Crippen LogP contribution in [0.15, 0.2) is 183 Å². The molecule has 5 heterocycles. The van der Waals surface area contributed by atoms with Crippen molar-refractivity contribution in [3.8, 4) is 45.1 Å². The van der Waals surface area contributed by atoms with Crippen LogP contribution in [0.1, 0.15) is 47.2 Å². The molecule has 0 N–H and O–H groups in total. The number of fused-ring (bicyclic) bond motifs is 6. The van der Waals surface area contributed by atoms with Gasteiger partial charge in [-0.05, 0) is 97.9 Å². The molecule has 4 aromatic heterocycles. The number of pyridine rings is 4. The van der Waals surface area contributed by atoms with E-state index in [1.807, 2.05) is 85.7 Å². The second-order valence-electron chi connectivity index (χ2n) is 14.8. The van der Waals surface area contributed by atoms with Crippen molar-refractivity contribution in [1.29, 1.82) is 0 Å². The maximum absolute atomic E-state index is 6.24. The minimum absolute atomic E-state index is 0. The van der Waals surface area contributed by atoms with E-state index in [2.05, 4.69) is 138 Å². The van der Waals surface area contributed by atoms with Crippen molar-refractivity contribution >= 4 is 10.8 Å². The van der Waals surface area contributed by atoms with Crippen LogP contribution in [0.25, 0.3) is 44.4 Å². The van der Waals surface area contributed by atoms with Crippen molar-refractivity contribution in [3.63, 3.8) is 0 Å². The Balaban J connectivity index is 0.000000150. The molecule has 2 aliphatic rings. The van der Waals surface area contributed by atoms with E-state index in [-0.39, 0.29) is 25.5 Å². The summed E-state index contributed by atoms with van der Waals surface area (Å²) in [6.45, 7) is 4.49. The number of ether oxygens (including phenoxy) is 1. The molecule has 0 unspecified atom stereocenters. The molecule has 1 radical (unpaired) electrons. The minimum Gasteiger partial charge on any atom is -0.476 e. The summed E-state index contributed by atoms with van der Waals surface area (Å²) in [6.07, 6.45) is 11.2. The first-order valence-electron chi connectivity index (χ1n) is 19.1. The first kappa shape index (κ1) is 37.0. The van der Waals surface area contributed by atoms with Crippen LogP contribution in [-0.2, 0) is 30.9 Å². The second-order valence-corrected chi connectivity index (χ2v) is 14.8. The molecular formula is C52H36IrN4O-2. The summed E-state index contributed by atoms with van der Waals surface area (Å²) in [6, 6.07) is 56.9. The van der Waals surface area contributed by atoms with Gasteiger partial charge in [-0.1, -0.05) is 104 Å². The quantitative estimate of drug-likeness (QED) is 0.165. The Hall–Kier alpha value is -6.59. The van der Waals surface area contributed by atoms with Gasteiger partial charge in [0.2, 0.25) is 0 Å². The van der Waals surface area contributed by atoms with Crippen LogP contribution < -0.4 is 4.74 Å². The van der Waals surface area contributed by atoms with E-state index in [1.165, 1.54) is 33.2 Å². The zero-order chi connectivity index (χ0) is 38.4. The van der Waals surface area contributed by atoms with Crippen LogP contribution in [0.2, 0.25) is 0 Å². The van der Waals surface area contributed by atoms with Crippen molar-refractivity contribution < 1.29 is 24.8 Å². The van der Waals surface area contributed by atoms with Gasteiger partial charge >= 0.3 is 0 Å². The summed E-state index contributed by atoms with van der Waals surface area (Å²) in [7, 11) is 0. The summed E-state index contributed by atoms with van der Waals surface area (Å²) < 4.78 is 6.24. The number of rotatable bonds is 4. The van der Waals surface area contributed by atoms with Crippen LogP contribution in [0.4, 0.5) is 0 Å². The predicted octanol–water partition coefficient (Wildman–Crippen LogP) is 11.8. The van der Waals surface area contributed by atoms with Gasteiger partial charge in [-0.15, -0.1) is 53.1 Å². The molecule has 0 amide bonds. The third-order valence-electron chi connectivity index (χ3n) is 11.4. The van der Waals surface area contributed by atoms with Crippen molar-refractivity contribution in [2.45, 2.75) is 24.7 Å². The van der Waals surface area contributed by atoms with E-state index in [4.69, 9.17) is 9.72 Å². The van der Waals surface area contributed by atoms with Crippen LogP contribution in [0.3, 0.4) is 0 Å². The van der Waals surface area contributed by atoms with Gasteiger partial charge in [0.1, 0.15) is 5.75 Å². The molecule has 0 bridgehead atoms. The number of para-hydroxylation sites is 1. The predicted molar refractivity (Wildman–Crippen MR) is 226 cm³/mol. The van der Waals surface area contributed by atoms with Crippen LogP contribution >= 0.6 is 0 Å². The molecule has 6 heteroatoms. The number of aromatic nitrogens is 4. The van der Waals surface area contributed by atoms with Gasteiger partial charge in [-0.3, -0.25) is 9.97 Å². The molecule has 0 saturated heterocycles. The molecule has 281 valence electrons. The Bertz CT molecular complexity index is 2870. The number of hydrogen-bond acceptors (Lipinski definition) is 5. The van der Waals surface area contributed by atoms with Gasteiger partial charge in [0, 0.05) is 62.7 Å². The maximum atomic E-state index is 6.24. The topological polar surface area (TPSA) is 60.8 Å². The summed E-state index contributed by atoms with van der Waals surface area (Å²) in [5, 5.41) is 2.31. The standard InChI is InChI=1S/C28H18N3.C24H18NO.Ir/c1-2-9-25-22(6-1)23-7-5-8-24(26-10-3-4-15-31-26)27(23)28(25,20-11-16-29-17-12-20)21-13-18-30-19-14-21;1-24(2)19-11-5-6-12-20(19)26-21-13-7-10-18(22(21)24)23-17-9-4-3-8-16(17)14-15-25-23;/h1-7,9-19H;3-9,11-15H,1-2H3;/q2*-1;. The zero-order valence-electron chi connectivity index (χ0n) is 31.9. The zero-order valence-corrected chi connectivity index (χ0v) is 34.2. The average molecular weight is 925 g/mol. The Labute approximate surface area is 351 Å². The number of nitrogens with zero attached hydrogens (tertiary/aromatic N) is 4. The molecule has 0 spiro atoms. The smallest absolute Gasteiger partial charge is 0.128 e. The number of hydrogen-bond donors (Lipinski definition) is 0. The molecule has 1 aliphatic carbocycles. The van der Waals surface area contributed by atoms with Gasteiger partial charge in [0.25, 0.3) is 0 Å². The van der Waals surface area contributed by atoms with Crippen LogP contribution in [0, 0.1) is 12.1 Å². The Morgan fingerprint density at radius 3 is 1.91 bits per heavy atom. The molecular weight excluding hydrogens is 889 g/mol. The largest absolute Gasteiger partial charge is 0.476 e. The van der Waals surface area contributed by atoms with Crippen LogP contribution in [-0.4, -0.2) is 19.9 Å². The van der Waals surface area contributed by atoms with Gasteiger partial charge < -0.3 is 14.7 Å². The fraction of sp³-hybridized carbons (Fsp3) is 0.0769. The SMILES string of the molecule is CC1(C)c2ccccc2Oc2cc[c-]c(-c3nccc4ccccc34)c21.[Ir].[c-]1ccc2c(c1-c1ccccn1)C(c1ccncc1)(c1ccncc1)c1ccccc1-2. The third-order valence-corrected chi connectivity index (χ3v) is 11.4. The Morgan fingerprint density at radius 2 is 1.16 bits per heavy atom. The van der Waals surface area contributed by atoms with Crippen molar-refractivity contribution in [2.24, 2.45) is 0 Å². The minimum atomic E-state index is -0.511. The normalized spacial score (nSPS) is 13.6. The Morgan fingerprint density at radius 1 is 0.500 bits per heavy atom. The van der Waals surface area contributed by atoms with Gasteiger partial charge in [-0.25, -0.2) is 0 Å². The summed E-state index contributed by atoms with van der Waals surface area (Å²) in [5.41, 5.74) is 12.7. The van der Waals surface area contributed by atoms with Crippen molar-refractivity contribution in [2.75, 3.05) is 0 Å². The first-order chi connectivity index (χ1) is 28.1. The van der Waals surface area contributed by atoms with Gasteiger partial charge in [0.05, 0.1) is 5.75 Å². The molecule has 11 rings (SSSR count). The molecule has 5 aromatic carbocycles. The van der Waals surface area contributed by atoms with Crippen molar-refractivity contribution in [3.05, 3.63) is 228 Å². The van der Waals surface area contributed by atoms with E-state index < -0.39 is 5.41 Å². The van der Waals surface area contributed by atoms with Gasteiger partial charge in [0.15, 0.2) is 0 Å². The summed E-state index contributed by atoms with van der Waals surface area (Å²) >= 11 is 0. The third kappa shape index (κ3) is 5.87. The molecule has 0 saturated carbocycles. The second kappa shape index (κ2) is 15.1. The van der Waals surface area contributed by atoms with E-state index >= 15 is 0 Å². The summed E-state index contributed by atoms with van der Waals surface area (Å²) in [4.78, 5) is 18.0. The van der Waals surface area contributed by atoms with Gasteiger partial charge in [-0.2, -0.15) is 0 Å². The van der Waals surface area contributed by atoms with Crippen LogP contribution in [0.5, 0.6) is 11.5 Å². The molecule has 5 nitrogen and oxygen atoms in total. The average Bonchev–Trinajstić information content (AvgIpc) is 3.58. The molecule has 0 atom stereocenters. The van der Waals surface area contributed by atoms with Crippen molar-refractivity contribution in [1.82, 2.24) is 19.9 Å². The van der Waals surface area contributed by atoms with E-state index in [9.17, 15) is 0 Å². The Kier molecular flexibility index (Phi) is 9.61.